The van der Waals surface area contributed by atoms with Crippen LogP contribution in [0.25, 0.3) is 0 Å². The van der Waals surface area contributed by atoms with Gasteiger partial charge in [0.15, 0.2) is 0 Å². The SMILES string of the molecule is Cc1nn(C)c(OC(=O)CCl)c1C(=O)c1ccc(Cl)cc1Cl. The summed E-state index contributed by atoms with van der Waals surface area (Å²) in [5.41, 5.74) is 0.811. The fraction of sp³-hybridized carbons (Fsp3) is 0.214. The van der Waals surface area contributed by atoms with Gasteiger partial charge < -0.3 is 4.74 Å². The number of aryl methyl sites for hydroxylation is 2. The van der Waals surface area contributed by atoms with E-state index in [9.17, 15) is 9.59 Å². The van der Waals surface area contributed by atoms with Crippen LogP contribution in [0.3, 0.4) is 0 Å². The second kappa shape index (κ2) is 6.69. The first-order chi connectivity index (χ1) is 10.3. The Morgan fingerprint density at radius 1 is 1.32 bits per heavy atom. The van der Waals surface area contributed by atoms with Gasteiger partial charge in [-0.05, 0) is 25.1 Å². The highest BCUT2D eigenvalue weighted by molar-refractivity contribution is 6.37. The van der Waals surface area contributed by atoms with Crippen LogP contribution in [-0.2, 0) is 11.8 Å². The Balaban J connectivity index is 2.51. The van der Waals surface area contributed by atoms with Crippen molar-refractivity contribution >= 4 is 46.6 Å². The summed E-state index contributed by atoms with van der Waals surface area (Å²) in [6.45, 7) is 1.63. The van der Waals surface area contributed by atoms with Crippen LogP contribution >= 0.6 is 34.8 Å². The molecule has 0 unspecified atom stereocenters. The minimum absolute atomic E-state index is 0.0270. The summed E-state index contributed by atoms with van der Waals surface area (Å²) in [4.78, 5) is 24.1. The summed E-state index contributed by atoms with van der Waals surface area (Å²) in [5, 5.41) is 4.72. The van der Waals surface area contributed by atoms with E-state index in [2.05, 4.69) is 5.10 Å². The number of aromatic nitrogens is 2. The summed E-state index contributed by atoms with van der Waals surface area (Å²) in [6, 6.07) is 4.52. The van der Waals surface area contributed by atoms with Crippen LogP contribution in [-0.4, -0.2) is 27.4 Å². The molecule has 0 saturated carbocycles. The fourth-order valence-electron chi connectivity index (χ4n) is 1.96. The van der Waals surface area contributed by atoms with E-state index >= 15 is 0 Å². The first kappa shape index (κ1) is 16.8. The first-order valence-electron chi connectivity index (χ1n) is 6.15. The zero-order valence-corrected chi connectivity index (χ0v) is 14.0. The molecule has 0 aliphatic rings. The Bertz CT molecular complexity index is 756. The Hall–Kier alpha value is -1.56. The van der Waals surface area contributed by atoms with Crippen molar-refractivity contribution in [2.45, 2.75) is 6.92 Å². The van der Waals surface area contributed by atoms with E-state index in [1.54, 1.807) is 20.0 Å². The summed E-state index contributed by atoms with van der Waals surface area (Å²) in [7, 11) is 1.56. The zero-order valence-electron chi connectivity index (χ0n) is 11.7. The third kappa shape index (κ3) is 3.27. The molecular weight excluding hydrogens is 351 g/mol. The van der Waals surface area contributed by atoms with Crippen LogP contribution < -0.4 is 4.74 Å². The van der Waals surface area contributed by atoms with Crippen molar-refractivity contribution in [3.63, 3.8) is 0 Å². The maximum absolute atomic E-state index is 12.7. The van der Waals surface area contributed by atoms with Gasteiger partial charge >= 0.3 is 5.97 Å². The van der Waals surface area contributed by atoms with E-state index in [0.29, 0.717) is 10.7 Å². The van der Waals surface area contributed by atoms with E-state index < -0.39 is 11.8 Å². The molecule has 1 aromatic heterocycles. The maximum atomic E-state index is 12.7. The number of ketones is 1. The number of nitrogens with zero attached hydrogens (tertiary/aromatic N) is 2. The molecule has 8 heteroatoms. The zero-order chi connectivity index (χ0) is 16.4. The van der Waals surface area contributed by atoms with Gasteiger partial charge in [-0.1, -0.05) is 23.2 Å². The average molecular weight is 362 g/mol. The minimum atomic E-state index is -0.680. The number of hydrogen-bond acceptors (Lipinski definition) is 4. The molecule has 1 heterocycles. The van der Waals surface area contributed by atoms with Crippen molar-refractivity contribution in [3.05, 3.63) is 45.1 Å². The molecule has 2 aromatic rings. The molecule has 0 amide bonds. The highest BCUT2D eigenvalue weighted by Gasteiger charge is 2.26. The number of esters is 1. The Kier molecular flexibility index (Phi) is 5.11. The number of carbonyl (C=O) groups is 2. The topological polar surface area (TPSA) is 61.2 Å². The predicted octanol–water partition coefficient (Wildman–Crippen LogP) is 3.41. The van der Waals surface area contributed by atoms with Crippen LogP contribution in [0.4, 0.5) is 0 Å². The van der Waals surface area contributed by atoms with Gasteiger partial charge in [0.25, 0.3) is 0 Å². The van der Waals surface area contributed by atoms with Crippen LogP contribution in [0.5, 0.6) is 5.88 Å². The largest absolute Gasteiger partial charge is 0.406 e. The van der Waals surface area contributed by atoms with Crippen LogP contribution in [0, 0.1) is 6.92 Å². The summed E-state index contributed by atoms with van der Waals surface area (Å²) in [5.74, 6) is -1.40. The maximum Gasteiger partial charge on any atom is 0.327 e. The molecule has 0 aliphatic heterocycles. The molecule has 0 bridgehead atoms. The van der Waals surface area contributed by atoms with Crippen LogP contribution in [0.1, 0.15) is 21.6 Å². The lowest BCUT2D eigenvalue weighted by atomic mass is 10.0. The molecule has 0 N–H and O–H groups in total. The van der Waals surface area contributed by atoms with Gasteiger partial charge in [-0.2, -0.15) is 5.10 Å². The number of hydrogen-bond donors (Lipinski definition) is 0. The number of alkyl halides is 1. The number of ether oxygens (including phenoxy) is 1. The van der Waals surface area contributed by atoms with E-state index in [-0.39, 0.29) is 27.9 Å². The van der Waals surface area contributed by atoms with Crippen LogP contribution in [0.15, 0.2) is 18.2 Å². The third-order valence-corrected chi connectivity index (χ3v) is 3.66. The quantitative estimate of drug-likeness (QED) is 0.476. The van der Waals surface area contributed by atoms with Gasteiger partial charge in [-0.25, -0.2) is 4.68 Å². The standard InChI is InChI=1S/C14H11Cl3N2O3/c1-7-12(14(19(2)18-7)22-11(20)6-15)13(21)9-4-3-8(16)5-10(9)17/h3-5H,6H2,1-2H3. The third-order valence-electron chi connectivity index (χ3n) is 2.89. The van der Waals surface area contributed by atoms with E-state index in [1.165, 1.54) is 16.8 Å². The van der Waals surface area contributed by atoms with Gasteiger partial charge in [-0.15, -0.1) is 11.6 Å². The van der Waals surface area contributed by atoms with Gasteiger partial charge in [0.1, 0.15) is 11.4 Å². The smallest absolute Gasteiger partial charge is 0.327 e. The molecule has 5 nitrogen and oxygen atoms in total. The molecule has 0 aliphatic carbocycles. The first-order valence-corrected chi connectivity index (χ1v) is 7.44. The van der Waals surface area contributed by atoms with Crippen LogP contribution in [0.2, 0.25) is 10.0 Å². The lowest BCUT2D eigenvalue weighted by molar-refractivity contribution is -0.132. The van der Waals surface area contributed by atoms with Gasteiger partial charge in [0, 0.05) is 17.6 Å². The van der Waals surface area contributed by atoms with Crippen molar-refractivity contribution in [2.24, 2.45) is 7.05 Å². The molecule has 2 rings (SSSR count). The highest BCUT2D eigenvalue weighted by atomic mass is 35.5. The van der Waals surface area contributed by atoms with Crippen molar-refractivity contribution < 1.29 is 14.3 Å². The van der Waals surface area contributed by atoms with E-state index in [0.717, 1.165) is 0 Å². The molecule has 0 atom stereocenters. The molecule has 0 radical (unpaired) electrons. The predicted molar refractivity (Wildman–Crippen MR) is 84.2 cm³/mol. The molecule has 0 fully saturated rings. The lowest BCUT2D eigenvalue weighted by Gasteiger charge is -2.07. The molecule has 22 heavy (non-hydrogen) atoms. The normalized spacial score (nSPS) is 10.6. The molecule has 1 aromatic carbocycles. The number of halogens is 3. The Morgan fingerprint density at radius 3 is 2.59 bits per heavy atom. The molecule has 0 spiro atoms. The van der Waals surface area contributed by atoms with Gasteiger partial charge in [0.2, 0.25) is 11.7 Å². The molecular formula is C14H11Cl3N2O3. The van der Waals surface area contributed by atoms with E-state index in [4.69, 9.17) is 39.5 Å². The minimum Gasteiger partial charge on any atom is -0.406 e. The average Bonchev–Trinajstić information content (AvgIpc) is 2.72. The summed E-state index contributed by atoms with van der Waals surface area (Å²) < 4.78 is 6.39. The van der Waals surface area contributed by atoms with Gasteiger partial charge in [-0.3, -0.25) is 9.59 Å². The second-order valence-corrected chi connectivity index (χ2v) is 5.56. The monoisotopic (exact) mass is 360 g/mol. The van der Waals surface area contributed by atoms with Crippen molar-refractivity contribution in [1.82, 2.24) is 9.78 Å². The molecule has 0 saturated heterocycles. The number of benzene rings is 1. The fourth-order valence-corrected chi connectivity index (χ4v) is 2.51. The second-order valence-electron chi connectivity index (χ2n) is 4.45. The van der Waals surface area contributed by atoms with Gasteiger partial charge in [0.05, 0.1) is 10.7 Å². The van der Waals surface area contributed by atoms with Crippen molar-refractivity contribution in [1.29, 1.82) is 0 Å². The number of carbonyl (C=O) groups excluding carboxylic acids is 2. The number of rotatable bonds is 4. The van der Waals surface area contributed by atoms with Crippen molar-refractivity contribution in [3.8, 4) is 5.88 Å². The Labute approximate surface area is 141 Å². The molecule has 116 valence electrons. The highest BCUT2D eigenvalue weighted by Crippen LogP contribution is 2.29. The Morgan fingerprint density at radius 2 is 2.00 bits per heavy atom. The lowest BCUT2D eigenvalue weighted by Crippen LogP contribution is -2.14. The van der Waals surface area contributed by atoms with Crippen molar-refractivity contribution in [2.75, 3.05) is 5.88 Å². The summed E-state index contributed by atoms with van der Waals surface area (Å²) >= 11 is 17.3. The summed E-state index contributed by atoms with van der Waals surface area (Å²) in [6.07, 6.45) is 0. The van der Waals surface area contributed by atoms with E-state index in [1.807, 2.05) is 0 Å².